The predicted octanol–water partition coefficient (Wildman–Crippen LogP) is 1.70. The average molecular weight is 336 g/mol. The second kappa shape index (κ2) is 8.33. The zero-order chi connectivity index (χ0) is 18.3. The first-order valence-electron chi connectivity index (χ1n) is 7.64. The van der Waals surface area contributed by atoms with E-state index < -0.39 is 35.5 Å². The quantitative estimate of drug-likeness (QED) is 0.700. The molecule has 24 heavy (non-hydrogen) atoms. The highest BCUT2D eigenvalue weighted by Gasteiger charge is 2.29. The van der Waals surface area contributed by atoms with Crippen LogP contribution in [0.4, 0.5) is 4.79 Å². The van der Waals surface area contributed by atoms with E-state index in [0.29, 0.717) is 6.42 Å². The number of aliphatic carboxylic acids is 1. The molecule has 4 N–H and O–H groups in total. The van der Waals surface area contributed by atoms with Crippen molar-refractivity contribution in [3.05, 3.63) is 35.9 Å². The van der Waals surface area contributed by atoms with Crippen molar-refractivity contribution in [1.82, 2.24) is 5.32 Å². The summed E-state index contributed by atoms with van der Waals surface area (Å²) < 4.78 is 5.05. The highest BCUT2D eigenvalue weighted by molar-refractivity contribution is 5.82. The van der Waals surface area contributed by atoms with E-state index in [1.807, 2.05) is 30.3 Å². The molecule has 0 spiro atoms. The van der Waals surface area contributed by atoms with Gasteiger partial charge in [0.2, 0.25) is 5.91 Å². The van der Waals surface area contributed by atoms with Gasteiger partial charge >= 0.3 is 12.1 Å². The second-order valence-corrected chi connectivity index (χ2v) is 6.56. The number of nitrogens with one attached hydrogen (secondary N) is 1. The summed E-state index contributed by atoms with van der Waals surface area (Å²) in [5, 5.41) is 11.6. The highest BCUT2D eigenvalue weighted by atomic mass is 16.6. The number of rotatable bonds is 7. The number of hydrogen-bond acceptors (Lipinski definition) is 4. The number of ether oxygens (including phenoxy) is 1. The van der Waals surface area contributed by atoms with Crippen molar-refractivity contribution in [1.29, 1.82) is 0 Å². The molecule has 2 amide bonds. The van der Waals surface area contributed by atoms with Crippen LogP contribution in [0, 0.1) is 5.92 Å². The Morgan fingerprint density at radius 3 is 2.25 bits per heavy atom. The SMILES string of the molecule is CC(C)(C)OC(=O)N[C@@H](CC(Cc1ccccc1)C(N)=O)C(=O)O. The predicted molar refractivity (Wildman–Crippen MR) is 88.2 cm³/mol. The van der Waals surface area contributed by atoms with Crippen molar-refractivity contribution in [3.63, 3.8) is 0 Å². The van der Waals surface area contributed by atoms with Gasteiger partial charge in [0.15, 0.2) is 0 Å². The molecule has 1 aromatic rings. The van der Waals surface area contributed by atoms with Gasteiger partial charge < -0.3 is 20.9 Å². The Bertz CT molecular complexity index is 580. The third-order valence-corrected chi connectivity index (χ3v) is 3.24. The molecule has 0 heterocycles. The normalized spacial score (nSPS) is 13.6. The zero-order valence-electron chi connectivity index (χ0n) is 14.1. The minimum Gasteiger partial charge on any atom is -0.480 e. The number of nitrogens with two attached hydrogens (primary N) is 1. The Morgan fingerprint density at radius 1 is 1.21 bits per heavy atom. The summed E-state index contributed by atoms with van der Waals surface area (Å²) in [6.07, 6.45) is -0.660. The van der Waals surface area contributed by atoms with Crippen LogP contribution in [0.25, 0.3) is 0 Å². The van der Waals surface area contributed by atoms with Gasteiger partial charge in [-0.05, 0) is 39.2 Å². The van der Waals surface area contributed by atoms with E-state index in [-0.39, 0.29) is 6.42 Å². The van der Waals surface area contributed by atoms with Gasteiger partial charge in [-0.3, -0.25) is 4.79 Å². The number of carbonyl (C=O) groups excluding carboxylic acids is 2. The maximum absolute atomic E-state index is 11.8. The lowest BCUT2D eigenvalue weighted by Gasteiger charge is -2.23. The number of amides is 2. The Balaban J connectivity index is 2.77. The van der Waals surface area contributed by atoms with E-state index in [2.05, 4.69) is 5.32 Å². The van der Waals surface area contributed by atoms with Gasteiger partial charge in [0.25, 0.3) is 0 Å². The van der Waals surface area contributed by atoms with Gasteiger partial charge in [0.1, 0.15) is 11.6 Å². The summed E-state index contributed by atoms with van der Waals surface area (Å²) in [5.74, 6) is -2.58. The van der Waals surface area contributed by atoms with E-state index in [4.69, 9.17) is 10.5 Å². The van der Waals surface area contributed by atoms with Crippen LogP contribution in [0.2, 0.25) is 0 Å². The average Bonchev–Trinajstić information content (AvgIpc) is 2.44. The van der Waals surface area contributed by atoms with Crippen molar-refractivity contribution in [2.24, 2.45) is 11.7 Å². The number of primary amides is 1. The molecule has 0 fully saturated rings. The van der Waals surface area contributed by atoms with E-state index in [0.717, 1.165) is 5.56 Å². The van der Waals surface area contributed by atoms with Crippen molar-refractivity contribution < 1.29 is 24.2 Å². The van der Waals surface area contributed by atoms with Gasteiger partial charge in [0.05, 0.1) is 0 Å². The van der Waals surface area contributed by atoms with Crippen LogP contribution in [0.5, 0.6) is 0 Å². The molecule has 0 bridgehead atoms. The first kappa shape index (κ1) is 19.5. The summed E-state index contributed by atoms with van der Waals surface area (Å²) in [4.78, 5) is 34.8. The first-order chi connectivity index (χ1) is 11.1. The van der Waals surface area contributed by atoms with Crippen molar-refractivity contribution in [2.45, 2.75) is 45.3 Å². The molecule has 7 nitrogen and oxygen atoms in total. The molecular weight excluding hydrogens is 312 g/mol. The summed E-state index contributed by atoms with van der Waals surface area (Å²) in [6, 6.07) is 7.87. The van der Waals surface area contributed by atoms with E-state index in [9.17, 15) is 19.5 Å². The van der Waals surface area contributed by atoms with Crippen LogP contribution < -0.4 is 11.1 Å². The molecule has 2 atom stereocenters. The maximum atomic E-state index is 11.8. The molecule has 0 aliphatic heterocycles. The largest absolute Gasteiger partial charge is 0.480 e. The highest BCUT2D eigenvalue weighted by Crippen LogP contribution is 2.15. The van der Waals surface area contributed by atoms with Crippen molar-refractivity contribution in [2.75, 3.05) is 0 Å². The molecule has 0 aliphatic carbocycles. The number of alkyl carbamates (subject to hydrolysis) is 1. The minimum atomic E-state index is -1.26. The van der Waals surface area contributed by atoms with Crippen LogP contribution in [0.15, 0.2) is 30.3 Å². The number of carboxylic acids is 1. The number of benzene rings is 1. The monoisotopic (exact) mass is 336 g/mol. The van der Waals surface area contributed by atoms with Gasteiger partial charge in [-0.1, -0.05) is 30.3 Å². The Kier molecular flexibility index (Phi) is 6.76. The lowest BCUT2D eigenvalue weighted by Crippen LogP contribution is -2.46. The van der Waals surface area contributed by atoms with Crippen LogP contribution in [0.3, 0.4) is 0 Å². The summed E-state index contributed by atoms with van der Waals surface area (Å²) in [5.41, 5.74) is 5.50. The van der Waals surface area contributed by atoms with Crippen LogP contribution in [0.1, 0.15) is 32.8 Å². The first-order valence-corrected chi connectivity index (χ1v) is 7.64. The van der Waals surface area contributed by atoms with Gasteiger partial charge in [-0.25, -0.2) is 9.59 Å². The fourth-order valence-electron chi connectivity index (χ4n) is 2.15. The summed E-state index contributed by atoms with van der Waals surface area (Å²) in [7, 11) is 0. The van der Waals surface area contributed by atoms with E-state index in [1.54, 1.807) is 20.8 Å². The van der Waals surface area contributed by atoms with E-state index >= 15 is 0 Å². The number of carbonyl (C=O) groups is 3. The molecule has 1 unspecified atom stereocenters. The zero-order valence-corrected chi connectivity index (χ0v) is 14.1. The van der Waals surface area contributed by atoms with Gasteiger partial charge in [0, 0.05) is 5.92 Å². The lowest BCUT2D eigenvalue weighted by molar-refractivity contribution is -0.140. The molecule has 0 aliphatic rings. The fourth-order valence-corrected chi connectivity index (χ4v) is 2.15. The van der Waals surface area contributed by atoms with Crippen molar-refractivity contribution >= 4 is 18.0 Å². The fraction of sp³-hybridized carbons (Fsp3) is 0.471. The molecule has 0 saturated carbocycles. The molecule has 1 rings (SSSR count). The summed E-state index contributed by atoms with van der Waals surface area (Å²) >= 11 is 0. The molecule has 0 aromatic heterocycles. The standard InChI is InChI=1S/C17H24N2O5/c1-17(2,3)24-16(23)19-13(15(21)22)10-12(14(18)20)9-11-7-5-4-6-8-11/h4-8,12-13H,9-10H2,1-3H3,(H2,18,20)(H,19,23)(H,21,22)/t12?,13-/m0/s1. The Hall–Kier alpha value is -2.57. The smallest absolute Gasteiger partial charge is 0.408 e. The molecule has 1 aromatic carbocycles. The van der Waals surface area contributed by atoms with Crippen LogP contribution >= 0.6 is 0 Å². The van der Waals surface area contributed by atoms with Gasteiger partial charge in [-0.15, -0.1) is 0 Å². The second-order valence-electron chi connectivity index (χ2n) is 6.56. The summed E-state index contributed by atoms with van der Waals surface area (Å²) in [6.45, 7) is 5.01. The van der Waals surface area contributed by atoms with Crippen molar-refractivity contribution in [3.8, 4) is 0 Å². The Labute approximate surface area is 141 Å². The Morgan fingerprint density at radius 2 is 1.79 bits per heavy atom. The number of carboxylic acid groups (broad SMARTS) is 1. The third kappa shape index (κ3) is 7.13. The molecule has 132 valence electrons. The van der Waals surface area contributed by atoms with Crippen LogP contribution in [-0.4, -0.2) is 34.7 Å². The van der Waals surface area contributed by atoms with Gasteiger partial charge in [-0.2, -0.15) is 0 Å². The molecule has 0 radical (unpaired) electrons. The topological polar surface area (TPSA) is 119 Å². The molecule has 7 heteroatoms. The molecule has 0 saturated heterocycles. The van der Waals surface area contributed by atoms with E-state index in [1.165, 1.54) is 0 Å². The number of hydrogen-bond donors (Lipinski definition) is 3. The third-order valence-electron chi connectivity index (χ3n) is 3.24. The molecular formula is C17H24N2O5. The minimum absolute atomic E-state index is 0.112. The van der Waals surface area contributed by atoms with Crippen LogP contribution in [-0.2, 0) is 20.7 Å². The maximum Gasteiger partial charge on any atom is 0.408 e. The lowest BCUT2D eigenvalue weighted by atomic mass is 9.92.